The number of aryl methyl sites for hydroxylation is 1. The lowest BCUT2D eigenvalue weighted by molar-refractivity contribution is -0.118. The lowest BCUT2D eigenvalue weighted by Crippen LogP contribution is -2.20. The quantitative estimate of drug-likeness (QED) is 0.629. The van der Waals surface area contributed by atoms with Crippen LogP contribution in [-0.2, 0) is 4.79 Å². The fourth-order valence-electron chi connectivity index (χ4n) is 2.31. The largest absolute Gasteiger partial charge is 0.484 e. The fourth-order valence-corrected chi connectivity index (χ4v) is 2.59. The second kappa shape index (κ2) is 8.41. The molecule has 3 aromatic carbocycles. The van der Waals surface area contributed by atoms with Crippen molar-refractivity contribution in [1.82, 2.24) is 0 Å². The van der Waals surface area contributed by atoms with E-state index in [0.29, 0.717) is 22.2 Å². The van der Waals surface area contributed by atoms with E-state index in [-0.39, 0.29) is 12.5 Å². The Balaban J connectivity index is 1.57. The summed E-state index contributed by atoms with van der Waals surface area (Å²) in [7, 11) is 0. The van der Waals surface area contributed by atoms with Crippen molar-refractivity contribution in [1.29, 1.82) is 0 Å². The van der Waals surface area contributed by atoms with Crippen LogP contribution in [0, 0.1) is 6.92 Å². The van der Waals surface area contributed by atoms with Crippen LogP contribution in [0.3, 0.4) is 0 Å². The number of anilines is 1. The van der Waals surface area contributed by atoms with Gasteiger partial charge in [0.1, 0.15) is 17.2 Å². The molecule has 0 atom stereocenters. The first-order valence-electron chi connectivity index (χ1n) is 8.12. The Kier molecular flexibility index (Phi) is 5.77. The molecule has 1 N–H and O–H groups in total. The summed E-state index contributed by atoms with van der Waals surface area (Å²) < 4.78 is 11.3. The van der Waals surface area contributed by atoms with Crippen LogP contribution in [-0.4, -0.2) is 12.5 Å². The van der Waals surface area contributed by atoms with Crippen LogP contribution in [0.1, 0.15) is 5.56 Å². The number of benzene rings is 3. The maximum atomic E-state index is 12.1. The predicted molar refractivity (Wildman–Crippen MR) is 103 cm³/mol. The normalized spacial score (nSPS) is 10.2. The zero-order valence-corrected chi connectivity index (χ0v) is 15.0. The molecule has 0 saturated carbocycles. The van der Waals surface area contributed by atoms with Crippen molar-refractivity contribution in [2.45, 2.75) is 6.92 Å². The summed E-state index contributed by atoms with van der Waals surface area (Å²) >= 11 is 6.12. The summed E-state index contributed by atoms with van der Waals surface area (Å²) in [5.41, 5.74) is 1.59. The van der Waals surface area contributed by atoms with E-state index >= 15 is 0 Å². The van der Waals surface area contributed by atoms with E-state index in [1.165, 1.54) is 0 Å². The number of rotatable bonds is 6. The van der Waals surface area contributed by atoms with Gasteiger partial charge in [0.25, 0.3) is 5.91 Å². The molecule has 0 spiro atoms. The molecular formula is C21H18ClNO3. The molecule has 0 aromatic heterocycles. The van der Waals surface area contributed by atoms with Crippen molar-refractivity contribution < 1.29 is 14.3 Å². The van der Waals surface area contributed by atoms with Gasteiger partial charge in [-0.1, -0.05) is 41.9 Å². The van der Waals surface area contributed by atoms with Gasteiger partial charge >= 0.3 is 0 Å². The van der Waals surface area contributed by atoms with E-state index in [9.17, 15) is 4.79 Å². The second-order valence-corrected chi connectivity index (χ2v) is 6.12. The number of halogens is 1. The van der Waals surface area contributed by atoms with Crippen molar-refractivity contribution in [3.8, 4) is 17.2 Å². The summed E-state index contributed by atoms with van der Waals surface area (Å²) in [4.78, 5) is 12.1. The first kappa shape index (κ1) is 17.8. The zero-order valence-electron chi connectivity index (χ0n) is 14.2. The predicted octanol–water partition coefficient (Wildman–Crippen LogP) is 5.46. The monoisotopic (exact) mass is 367 g/mol. The highest BCUT2D eigenvalue weighted by molar-refractivity contribution is 6.33. The third-order valence-electron chi connectivity index (χ3n) is 3.55. The van der Waals surface area contributed by atoms with E-state index in [4.69, 9.17) is 21.1 Å². The van der Waals surface area contributed by atoms with Crippen LogP contribution in [0.4, 0.5) is 5.69 Å². The minimum Gasteiger partial charge on any atom is -0.484 e. The molecule has 1 amide bonds. The molecule has 0 fully saturated rings. The van der Waals surface area contributed by atoms with Crippen molar-refractivity contribution in [3.63, 3.8) is 0 Å². The Morgan fingerprint density at radius 1 is 0.923 bits per heavy atom. The average Bonchev–Trinajstić information content (AvgIpc) is 2.64. The van der Waals surface area contributed by atoms with Gasteiger partial charge in [0, 0.05) is 6.07 Å². The topological polar surface area (TPSA) is 47.6 Å². The van der Waals surface area contributed by atoms with Gasteiger partial charge in [-0.2, -0.15) is 0 Å². The number of hydrogen-bond donors (Lipinski definition) is 1. The molecule has 3 aromatic rings. The van der Waals surface area contributed by atoms with Crippen LogP contribution >= 0.6 is 11.6 Å². The summed E-state index contributed by atoms with van der Waals surface area (Å²) in [6, 6.07) is 22.0. The maximum absolute atomic E-state index is 12.1. The van der Waals surface area contributed by atoms with E-state index in [0.717, 1.165) is 11.3 Å². The smallest absolute Gasteiger partial charge is 0.262 e. The van der Waals surface area contributed by atoms with Gasteiger partial charge in [0.15, 0.2) is 6.61 Å². The summed E-state index contributed by atoms with van der Waals surface area (Å²) in [5, 5.41) is 3.23. The van der Waals surface area contributed by atoms with E-state index in [2.05, 4.69) is 5.32 Å². The molecule has 5 heteroatoms. The van der Waals surface area contributed by atoms with Gasteiger partial charge in [-0.15, -0.1) is 0 Å². The molecule has 0 heterocycles. The van der Waals surface area contributed by atoms with Crippen LogP contribution in [0.15, 0.2) is 72.8 Å². The van der Waals surface area contributed by atoms with Crippen molar-refractivity contribution in [2.24, 2.45) is 0 Å². The Labute approximate surface area is 157 Å². The van der Waals surface area contributed by atoms with Crippen molar-refractivity contribution >= 4 is 23.2 Å². The van der Waals surface area contributed by atoms with E-state index in [1.807, 2.05) is 55.5 Å². The van der Waals surface area contributed by atoms with Gasteiger partial charge in [0.05, 0.1) is 10.7 Å². The lowest BCUT2D eigenvalue weighted by Gasteiger charge is -2.10. The standard InChI is InChI=1S/C21H18ClNO3/c1-15-10-11-20(19(22)12-15)23-21(24)14-25-17-8-5-9-18(13-17)26-16-6-3-2-4-7-16/h2-13H,14H2,1H3,(H,23,24). The SMILES string of the molecule is Cc1ccc(NC(=O)COc2cccc(Oc3ccccc3)c2)c(Cl)c1. The first-order chi connectivity index (χ1) is 12.6. The van der Waals surface area contributed by atoms with Gasteiger partial charge in [-0.05, 0) is 48.9 Å². The number of carbonyl (C=O) groups is 1. The second-order valence-electron chi connectivity index (χ2n) is 5.71. The molecule has 3 rings (SSSR count). The Morgan fingerprint density at radius 3 is 2.42 bits per heavy atom. The lowest BCUT2D eigenvalue weighted by atomic mass is 10.2. The molecule has 26 heavy (non-hydrogen) atoms. The van der Waals surface area contributed by atoms with Crippen LogP contribution in [0.25, 0.3) is 0 Å². The molecule has 0 aliphatic carbocycles. The minimum absolute atomic E-state index is 0.126. The number of ether oxygens (including phenoxy) is 2. The first-order valence-corrected chi connectivity index (χ1v) is 8.50. The van der Waals surface area contributed by atoms with Crippen LogP contribution in [0.5, 0.6) is 17.2 Å². The Hall–Kier alpha value is -2.98. The molecule has 132 valence electrons. The molecule has 0 aliphatic rings. The molecule has 0 bridgehead atoms. The minimum atomic E-state index is -0.287. The van der Waals surface area contributed by atoms with Gasteiger partial charge < -0.3 is 14.8 Å². The average molecular weight is 368 g/mol. The van der Waals surface area contributed by atoms with Crippen LogP contribution in [0.2, 0.25) is 5.02 Å². The van der Waals surface area contributed by atoms with Crippen molar-refractivity contribution in [3.05, 3.63) is 83.4 Å². The van der Waals surface area contributed by atoms with Gasteiger partial charge in [-0.3, -0.25) is 4.79 Å². The third kappa shape index (κ3) is 5.01. The Morgan fingerprint density at radius 2 is 1.65 bits per heavy atom. The number of para-hydroxylation sites is 1. The number of carbonyl (C=O) groups excluding carboxylic acids is 1. The molecule has 0 saturated heterocycles. The molecule has 0 radical (unpaired) electrons. The van der Waals surface area contributed by atoms with E-state index < -0.39 is 0 Å². The number of amides is 1. The number of hydrogen-bond acceptors (Lipinski definition) is 3. The highest BCUT2D eigenvalue weighted by Gasteiger charge is 2.08. The molecule has 4 nitrogen and oxygen atoms in total. The van der Waals surface area contributed by atoms with Crippen molar-refractivity contribution in [2.75, 3.05) is 11.9 Å². The third-order valence-corrected chi connectivity index (χ3v) is 3.87. The maximum Gasteiger partial charge on any atom is 0.262 e. The van der Waals surface area contributed by atoms with Gasteiger partial charge in [0.2, 0.25) is 0 Å². The summed E-state index contributed by atoms with van der Waals surface area (Å²) in [6.45, 7) is 1.81. The summed E-state index contributed by atoms with van der Waals surface area (Å²) in [5.74, 6) is 1.63. The molecule has 0 aliphatic heterocycles. The highest BCUT2D eigenvalue weighted by atomic mass is 35.5. The number of nitrogens with one attached hydrogen (secondary N) is 1. The zero-order chi connectivity index (χ0) is 18.4. The fraction of sp³-hybridized carbons (Fsp3) is 0.0952. The molecule has 0 unspecified atom stereocenters. The highest BCUT2D eigenvalue weighted by Crippen LogP contribution is 2.25. The van der Waals surface area contributed by atoms with Crippen LogP contribution < -0.4 is 14.8 Å². The van der Waals surface area contributed by atoms with E-state index in [1.54, 1.807) is 24.3 Å². The molecular weight excluding hydrogens is 350 g/mol. The van der Waals surface area contributed by atoms with Gasteiger partial charge in [-0.25, -0.2) is 0 Å². The Bertz CT molecular complexity index is 897. The summed E-state index contributed by atoms with van der Waals surface area (Å²) in [6.07, 6.45) is 0.